The maximum atomic E-state index is 6.34. The molecule has 1 heterocycles. The zero-order chi connectivity index (χ0) is 34.4. The maximum Gasteiger partial charge on any atom is 0.137 e. The molecule has 0 N–H and O–H groups in total. The van der Waals surface area contributed by atoms with Crippen molar-refractivity contribution in [3.63, 3.8) is 0 Å². The number of nitrogens with zero attached hydrogens (tertiary/aromatic N) is 1. The second-order valence-electron chi connectivity index (χ2n) is 13.3. The molecule has 1 aromatic heterocycles. The smallest absolute Gasteiger partial charge is 0.137 e. The predicted octanol–water partition coefficient (Wildman–Crippen LogP) is 14.4. The van der Waals surface area contributed by atoms with Crippen LogP contribution in [-0.2, 0) is 0 Å². The van der Waals surface area contributed by atoms with E-state index in [-0.39, 0.29) is 0 Å². The quantitative estimate of drug-likeness (QED) is 0.165. The maximum absolute atomic E-state index is 6.34. The first-order chi connectivity index (χ1) is 25.8. The molecule has 0 aliphatic heterocycles. The molecule has 52 heavy (non-hydrogen) atoms. The average Bonchev–Trinajstić information content (AvgIpc) is 3.61. The number of rotatable bonds is 6. The summed E-state index contributed by atoms with van der Waals surface area (Å²) in [5, 5.41) is 7.21. The number of benzene rings is 9. The third kappa shape index (κ3) is 4.96. The third-order valence-electron chi connectivity index (χ3n) is 10.2. The van der Waals surface area contributed by atoms with Crippen LogP contribution < -0.4 is 4.90 Å². The van der Waals surface area contributed by atoms with Crippen LogP contribution in [-0.4, -0.2) is 0 Å². The first-order valence-electron chi connectivity index (χ1n) is 17.8. The first-order valence-corrected chi connectivity index (χ1v) is 17.8. The van der Waals surface area contributed by atoms with E-state index in [0.717, 1.165) is 44.6 Å². The molecule has 0 atom stereocenters. The van der Waals surface area contributed by atoms with Crippen LogP contribution in [0.25, 0.3) is 76.9 Å². The highest BCUT2D eigenvalue weighted by Gasteiger charge is 2.21. The van der Waals surface area contributed by atoms with Crippen molar-refractivity contribution in [1.29, 1.82) is 0 Å². The van der Waals surface area contributed by atoms with E-state index in [2.05, 4.69) is 193 Å². The largest absolute Gasteiger partial charge is 0.456 e. The van der Waals surface area contributed by atoms with E-state index in [1.807, 2.05) is 12.1 Å². The van der Waals surface area contributed by atoms with Gasteiger partial charge in [-0.05, 0) is 103 Å². The highest BCUT2D eigenvalue weighted by atomic mass is 16.3. The van der Waals surface area contributed by atoms with Crippen LogP contribution >= 0.6 is 0 Å². The summed E-state index contributed by atoms with van der Waals surface area (Å²) < 4.78 is 6.34. The molecule has 0 aliphatic carbocycles. The number of fused-ring (bicyclic) bond motifs is 6. The molecule has 2 nitrogen and oxygen atoms in total. The Morgan fingerprint density at radius 3 is 1.58 bits per heavy atom. The summed E-state index contributed by atoms with van der Waals surface area (Å²) in [5.74, 6) is 0. The fourth-order valence-electron chi connectivity index (χ4n) is 7.95. The van der Waals surface area contributed by atoms with Crippen LogP contribution in [0.5, 0.6) is 0 Å². The van der Waals surface area contributed by atoms with E-state index in [9.17, 15) is 0 Å². The Morgan fingerprint density at radius 1 is 0.308 bits per heavy atom. The lowest BCUT2D eigenvalue weighted by Crippen LogP contribution is -2.10. The van der Waals surface area contributed by atoms with Crippen molar-refractivity contribution in [2.75, 3.05) is 4.90 Å². The minimum absolute atomic E-state index is 0.875. The van der Waals surface area contributed by atoms with E-state index in [0.29, 0.717) is 0 Å². The van der Waals surface area contributed by atoms with Crippen molar-refractivity contribution in [3.05, 3.63) is 200 Å². The van der Waals surface area contributed by atoms with Crippen molar-refractivity contribution < 1.29 is 4.42 Å². The number of anilines is 3. The Hall–Kier alpha value is -6.90. The molecule has 0 radical (unpaired) electrons. The summed E-state index contributed by atoms with van der Waals surface area (Å²) in [6, 6.07) is 71.7. The average molecular weight is 664 g/mol. The van der Waals surface area contributed by atoms with E-state index in [1.165, 1.54) is 49.4 Å². The van der Waals surface area contributed by atoms with Crippen molar-refractivity contribution in [2.45, 2.75) is 0 Å². The van der Waals surface area contributed by atoms with Gasteiger partial charge in [0.15, 0.2) is 0 Å². The lowest BCUT2D eigenvalue weighted by molar-refractivity contribution is 0.669. The first kappa shape index (κ1) is 30.0. The Kier molecular flexibility index (Phi) is 7.18. The van der Waals surface area contributed by atoms with Gasteiger partial charge < -0.3 is 9.32 Å². The van der Waals surface area contributed by atoms with E-state index in [1.54, 1.807) is 0 Å². The van der Waals surface area contributed by atoms with Gasteiger partial charge in [-0.15, -0.1) is 0 Å². The topological polar surface area (TPSA) is 16.4 Å². The summed E-state index contributed by atoms with van der Waals surface area (Å²) in [5.41, 5.74) is 12.3. The molecule has 10 rings (SSSR count). The molecule has 0 bridgehead atoms. The van der Waals surface area contributed by atoms with Crippen LogP contribution in [0, 0.1) is 0 Å². The summed E-state index contributed by atoms with van der Waals surface area (Å²) in [6.07, 6.45) is 0. The molecule has 0 amide bonds. The van der Waals surface area contributed by atoms with Gasteiger partial charge >= 0.3 is 0 Å². The Labute approximate surface area is 302 Å². The standard InChI is InChI=1S/C50H33NO/c1-4-16-34(17-5-1)48-42-25-11-10-24-40(42)41-31-30-37(33-44(41)49(48)35-18-6-2-7-19-35)36-20-14-23-39(32-36)51(38-21-8-3-9-22-38)45-27-15-29-47-50(45)43-26-12-13-28-46(43)52-47/h1-33H. The van der Waals surface area contributed by atoms with Crippen LogP contribution in [0.15, 0.2) is 205 Å². The summed E-state index contributed by atoms with van der Waals surface area (Å²) in [4.78, 5) is 2.35. The van der Waals surface area contributed by atoms with Crippen LogP contribution in [0.4, 0.5) is 17.1 Å². The molecule has 0 saturated carbocycles. The number of hydrogen-bond donors (Lipinski definition) is 0. The van der Waals surface area contributed by atoms with Gasteiger partial charge in [-0.1, -0.05) is 152 Å². The molecule has 0 unspecified atom stereocenters. The zero-order valence-corrected chi connectivity index (χ0v) is 28.4. The van der Waals surface area contributed by atoms with Gasteiger partial charge in [0.25, 0.3) is 0 Å². The molecule has 10 aromatic rings. The van der Waals surface area contributed by atoms with Crippen LogP contribution in [0.3, 0.4) is 0 Å². The molecule has 244 valence electrons. The van der Waals surface area contributed by atoms with E-state index in [4.69, 9.17) is 4.42 Å². The molecule has 0 spiro atoms. The van der Waals surface area contributed by atoms with Crippen LogP contribution in [0.2, 0.25) is 0 Å². The highest BCUT2D eigenvalue weighted by Crippen LogP contribution is 2.47. The Balaban J connectivity index is 1.21. The van der Waals surface area contributed by atoms with Gasteiger partial charge in [-0.25, -0.2) is 0 Å². The van der Waals surface area contributed by atoms with E-state index >= 15 is 0 Å². The summed E-state index contributed by atoms with van der Waals surface area (Å²) in [6.45, 7) is 0. The van der Waals surface area contributed by atoms with Gasteiger partial charge in [0.2, 0.25) is 0 Å². The fraction of sp³-hybridized carbons (Fsp3) is 0. The molecular formula is C50H33NO. The monoisotopic (exact) mass is 663 g/mol. The van der Waals surface area contributed by atoms with Crippen molar-refractivity contribution >= 4 is 60.5 Å². The Morgan fingerprint density at radius 2 is 0.827 bits per heavy atom. The second-order valence-corrected chi connectivity index (χ2v) is 13.3. The molecule has 0 aliphatic rings. The van der Waals surface area contributed by atoms with Crippen molar-refractivity contribution in [1.82, 2.24) is 0 Å². The van der Waals surface area contributed by atoms with Gasteiger partial charge in [-0.2, -0.15) is 0 Å². The number of para-hydroxylation sites is 2. The van der Waals surface area contributed by atoms with Gasteiger partial charge in [0, 0.05) is 16.8 Å². The normalized spacial score (nSPS) is 11.5. The molecular weight excluding hydrogens is 631 g/mol. The SMILES string of the molecule is c1ccc(-c2c(-c3ccccc3)c3cc(-c4cccc(N(c5ccccc5)c5cccc6oc7ccccc7c56)c4)ccc3c3ccccc23)cc1. The zero-order valence-electron chi connectivity index (χ0n) is 28.4. The fourth-order valence-corrected chi connectivity index (χ4v) is 7.95. The second kappa shape index (κ2) is 12.5. The molecule has 9 aromatic carbocycles. The predicted molar refractivity (Wildman–Crippen MR) is 220 cm³/mol. The lowest BCUT2D eigenvalue weighted by Gasteiger charge is -2.26. The number of hydrogen-bond acceptors (Lipinski definition) is 2. The number of furan rings is 1. The highest BCUT2D eigenvalue weighted by molar-refractivity contribution is 6.22. The van der Waals surface area contributed by atoms with Crippen LogP contribution in [0.1, 0.15) is 0 Å². The Bertz CT molecular complexity index is 2890. The van der Waals surface area contributed by atoms with Crippen molar-refractivity contribution in [3.8, 4) is 33.4 Å². The van der Waals surface area contributed by atoms with Crippen molar-refractivity contribution in [2.24, 2.45) is 0 Å². The summed E-state index contributed by atoms with van der Waals surface area (Å²) in [7, 11) is 0. The van der Waals surface area contributed by atoms with Gasteiger partial charge in [-0.3, -0.25) is 0 Å². The third-order valence-corrected chi connectivity index (χ3v) is 10.2. The molecule has 0 saturated heterocycles. The van der Waals surface area contributed by atoms with E-state index < -0.39 is 0 Å². The molecule has 0 fully saturated rings. The molecule has 2 heteroatoms. The minimum Gasteiger partial charge on any atom is -0.456 e. The minimum atomic E-state index is 0.875. The van der Waals surface area contributed by atoms with Gasteiger partial charge in [0.1, 0.15) is 11.2 Å². The summed E-state index contributed by atoms with van der Waals surface area (Å²) >= 11 is 0. The van der Waals surface area contributed by atoms with Gasteiger partial charge in [0.05, 0.1) is 11.1 Å². The lowest BCUT2D eigenvalue weighted by atomic mass is 9.84.